The van der Waals surface area contributed by atoms with Gasteiger partial charge in [-0.1, -0.05) is 25.1 Å². The van der Waals surface area contributed by atoms with E-state index in [1.165, 1.54) is 12.1 Å². The van der Waals surface area contributed by atoms with E-state index in [-0.39, 0.29) is 17.6 Å². The van der Waals surface area contributed by atoms with Gasteiger partial charge in [-0.2, -0.15) is 4.98 Å². The van der Waals surface area contributed by atoms with Gasteiger partial charge < -0.3 is 10.3 Å². The largest absolute Gasteiger partial charge is 0.337 e. The highest BCUT2D eigenvalue weighted by atomic mass is 16.6. The third kappa shape index (κ3) is 2.67. The number of hydrogen-bond donors (Lipinski definition) is 1. The molecule has 106 valence electrons. The molecule has 7 nitrogen and oxygen atoms in total. The number of benzene rings is 1. The molecule has 0 saturated carbocycles. The second-order valence-corrected chi connectivity index (χ2v) is 4.98. The van der Waals surface area contributed by atoms with Gasteiger partial charge >= 0.3 is 0 Å². The first kappa shape index (κ1) is 14.1. The van der Waals surface area contributed by atoms with Crippen molar-refractivity contribution in [2.45, 2.75) is 26.8 Å². The van der Waals surface area contributed by atoms with E-state index in [0.717, 1.165) is 5.56 Å². The molecule has 1 aromatic carbocycles. The molecule has 0 aliphatic heterocycles. The Kier molecular flexibility index (Phi) is 3.80. The fraction of sp³-hybridized carbons (Fsp3) is 0.385. The van der Waals surface area contributed by atoms with Crippen LogP contribution in [0.4, 0.5) is 5.69 Å². The number of hydrogen-bond acceptors (Lipinski definition) is 6. The Bertz CT molecular complexity index is 636. The Morgan fingerprint density at radius 2 is 2.10 bits per heavy atom. The Labute approximate surface area is 115 Å². The van der Waals surface area contributed by atoms with Crippen LogP contribution in [0.25, 0.3) is 11.4 Å². The van der Waals surface area contributed by atoms with Gasteiger partial charge in [-0.3, -0.25) is 10.1 Å². The maximum atomic E-state index is 10.8. The first-order valence-electron chi connectivity index (χ1n) is 6.24. The van der Waals surface area contributed by atoms with Crippen molar-refractivity contribution in [2.24, 2.45) is 11.7 Å². The molecule has 1 unspecified atom stereocenters. The number of rotatable bonds is 4. The lowest BCUT2D eigenvalue weighted by Gasteiger charge is -2.09. The molecule has 0 saturated heterocycles. The number of nitro benzene ring substituents is 1. The van der Waals surface area contributed by atoms with Gasteiger partial charge in [-0.25, -0.2) is 0 Å². The molecule has 0 aliphatic rings. The number of non-ortho nitro benzene ring substituents is 1. The van der Waals surface area contributed by atoms with E-state index in [1.54, 1.807) is 6.07 Å². The number of aryl methyl sites for hydroxylation is 1. The average Bonchev–Trinajstić information content (AvgIpc) is 2.87. The molecule has 1 heterocycles. The summed E-state index contributed by atoms with van der Waals surface area (Å²) in [7, 11) is 0. The maximum Gasteiger partial charge on any atom is 0.270 e. The van der Waals surface area contributed by atoms with Crippen molar-refractivity contribution in [3.63, 3.8) is 0 Å². The van der Waals surface area contributed by atoms with Gasteiger partial charge in [0.1, 0.15) is 0 Å². The predicted octanol–water partition coefficient (Wildman–Crippen LogP) is 2.61. The number of aromatic nitrogens is 2. The van der Waals surface area contributed by atoms with Crippen LogP contribution in [0.3, 0.4) is 0 Å². The summed E-state index contributed by atoms with van der Waals surface area (Å²) in [5.41, 5.74) is 7.34. The van der Waals surface area contributed by atoms with Crippen LogP contribution in [0.5, 0.6) is 0 Å². The normalized spacial score (nSPS) is 12.7. The van der Waals surface area contributed by atoms with E-state index in [0.29, 0.717) is 17.3 Å². The predicted molar refractivity (Wildman–Crippen MR) is 72.9 cm³/mol. The molecule has 0 amide bonds. The minimum Gasteiger partial charge on any atom is -0.337 e. The van der Waals surface area contributed by atoms with Crippen molar-refractivity contribution in [1.29, 1.82) is 0 Å². The monoisotopic (exact) mass is 276 g/mol. The summed E-state index contributed by atoms with van der Waals surface area (Å²) in [6, 6.07) is 4.19. The quantitative estimate of drug-likeness (QED) is 0.679. The SMILES string of the molecule is Cc1ccc([N+](=O)[O-])cc1-c1noc(C(N)C(C)C)n1. The Balaban J connectivity index is 2.42. The summed E-state index contributed by atoms with van der Waals surface area (Å²) >= 11 is 0. The van der Waals surface area contributed by atoms with Crippen LogP contribution in [0, 0.1) is 23.0 Å². The molecule has 2 N–H and O–H groups in total. The van der Waals surface area contributed by atoms with E-state index in [4.69, 9.17) is 10.3 Å². The third-order valence-electron chi connectivity index (χ3n) is 3.12. The van der Waals surface area contributed by atoms with Gasteiger partial charge in [0.25, 0.3) is 5.69 Å². The number of nitrogens with two attached hydrogens (primary N) is 1. The molecule has 0 fully saturated rings. The lowest BCUT2D eigenvalue weighted by molar-refractivity contribution is -0.384. The summed E-state index contributed by atoms with van der Waals surface area (Å²) in [4.78, 5) is 14.6. The molecule has 20 heavy (non-hydrogen) atoms. The summed E-state index contributed by atoms with van der Waals surface area (Å²) in [5, 5.41) is 14.7. The highest BCUT2D eigenvalue weighted by molar-refractivity contribution is 5.63. The average molecular weight is 276 g/mol. The van der Waals surface area contributed by atoms with Crippen LogP contribution in [-0.4, -0.2) is 15.1 Å². The molecule has 0 radical (unpaired) electrons. The van der Waals surface area contributed by atoms with E-state index in [1.807, 2.05) is 20.8 Å². The third-order valence-corrected chi connectivity index (χ3v) is 3.12. The molecular formula is C13H16N4O3. The minimum absolute atomic E-state index is 0.00916. The fourth-order valence-corrected chi connectivity index (χ4v) is 1.73. The van der Waals surface area contributed by atoms with Gasteiger partial charge in [0.05, 0.1) is 11.0 Å². The molecule has 0 bridgehead atoms. The van der Waals surface area contributed by atoms with E-state index in [2.05, 4.69) is 10.1 Å². The van der Waals surface area contributed by atoms with Crippen LogP contribution in [0.2, 0.25) is 0 Å². The van der Waals surface area contributed by atoms with Gasteiger partial charge in [-0.05, 0) is 18.4 Å². The van der Waals surface area contributed by atoms with E-state index >= 15 is 0 Å². The van der Waals surface area contributed by atoms with Crippen LogP contribution in [-0.2, 0) is 0 Å². The molecule has 1 atom stereocenters. The van der Waals surface area contributed by atoms with Crippen molar-refractivity contribution in [3.05, 3.63) is 39.8 Å². The molecule has 2 aromatic rings. The zero-order valence-electron chi connectivity index (χ0n) is 11.5. The maximum absolute atomic E-state index is 10.8. The summed E-state index contributed by atoms with van der Waals surface area (Å²) in [6.45, 7) is 5.73. The Hall–Kier alpha value is -2.28. The van der Waals surface area contributed by atoms with Crippen molar-refractivity contribution in [2.75, 3.05) is 0 Å². The van der Waals surface area contributed by atoms with Gasteiger partial charge in [0.2, 0.25) is 11.7 Å². The Morgan fingerprint density at radius 3 is 2.70 bits per heavy atom. The second-order valence-electron chi connectivity index (χ2n) is 4.98. The summed E-state index contributed by atoms with van der Waals surface area (Å²) < 4.78 is 5.14. The van der Waals surface area contributed by atoms with Gasteiger partial charge in [0, 0.05) is 17.7 Å². The van der Waals surface area contributed by atoms with Gasteiger partial charge in [-0.15, -0.1) is 0 Å². The van der Waals surface area contributed by atoms with Crippen molar-refractivity contribution >= 4 is 5.69 Å². The lowest BCUT2D eigenvalue weighted by atomic mass is 10.1. The summed E-state index contributed by atoms with van der Waals surface area (Å²) in [6.07, 6.45) is 0. The molecule has 7 heteroatoms. The van der Waals surface area contributed by atoms with E-state index < -0.39 is 4.92 Å². The number of nitrogens with zero attached hydrogens (tertiary/aromatic N) is 3. The van der Waals surface area contributed by atoms with Crippen LogP contribution in [0.15, 0.2) is 22.7 Å². The van der Waals surface area contributed by atoms with Gasteiger partial charge in [0.15, 0.2) is 0 Å². The highest BCUT2D eigenvalue weighted by Gasteiger charge is 2.20. The standard InChI is InChI=1S/C13H16N4O3/c1-7(2)11(14)13-15-12(16-20-13)10-6-9(17(18)19)5-4-8(10)3/h4-7,11H,14H2,1-3H3. The molecule has 0 aliphatic carbocycles. The van der Waals surface area contributed by atoms with Crippen LogP contribution >= 0.6 is 0 Å². The second kappa shape index (κ2) is 5.38. The molecular weight excluding hydrogens is 260 g/mol. The lowest BCUT2D eigenvalue weighted by Crippen LogP contribution is -2.16. The molecule has 2 rings (SSSR count). The molecule has 1 aromatic heterocycles. The number of nitro groups is 1. The van der Waals surface area contributed by atoms with Crippen molar-refractivity contribution in [3.8, 4) is 11.4 Å². The van der Waals surface area contributed by atoms with E-state index in [9.17, 15) is 10.1 Å². The van der Waals surface area contributed by atoms with Crippen LogP contribution < -0.4 is 5.73 Å². The topological polar surface area (TPSA) is 108 Å². The van der Waals surface area contributed by atoms with Crippen molar-refractivity contribution < 1.29 is 9.45 Å². The van der Waals surface area contributed by atoms with Crippen LogP contribution in [0.1, 0.15) is 31.3 Å². The molecule has 0 spiro atoms. The first-order valence-corrected chi connectivity index (χ1v) is 6.24. The summed E-state index contributed by atoms with van der Waals surface area (Å²) in [5.74, 6) is 0.813. The van der Waals surface area contributed by atoms with Crippen molar-refractivity contribution in [1.82, 2.24) is 10.1 Å². The fourth-order valence-electron chi connectivity index (χ4n) is 1.73. The zero-order chi connectivity index (χ0) is 14.9. The first-order chi connectivity index (χ1) is 9.40. The highest BCUT2D eigenvalue weighted by Crippen LogP contribution is 2.27. The minimum atomic E-state index is -0.455. The smallest absolute Gasteiger partial charge is 0.270 e. The Morgan fingerprint density at radius 1 is 1.40 bits per heavy atom. The zero-order valence-corrected chi connectivity index (χ0v) is 11.5.